The molecule has 4 nitrogen and oxygen atoms in total. The molecule has 1 aliphatic heterocycles. The van der Waals surface area contributed by atoms with E-state index in [1.54, 1.807) is 14.2 Å². The number of rotatable bonds is 2. The molecule has 0 amide bonds. The average Bonchev–Trinajstić information content (AvgIpc) is 2.36. The van der Waals surface area contributed by atoms with E-state index in [9.17, 15) is 0 Å². The third-order valence-corrected chi connectivity index (χ3v) is 2.83. The minimum Gasteiger partial charge on any atom is -0.493 e. The molecule has 0 spiro atoms. The van der Waals surface area contributed by atoms with Crippen LogP contribution in [0.2, 0.25) is 0 Å². The smallest absolute Gasteiger partial charge is 0.161 e. The second-order valence-corrected chi connectivity index (χ2v) is 3.67. The molecule has 1 aromatic rings. The van der Waals surface area contributed by atoms with Crippen LogP contribution in [0.3, 0.4) is 0 Å². The van der Waals surface area contributed by atoms with Crippen molar-refractivity contribution in [1.82, 2.24) is 5.32 Å². The Labute approximate surface area is 94.8 Å². The second-order valence-electron chi connectivity index (χ2n) is 3.67. The summed E-state index contributed by atoms with van der Waals surface area (Å²) in [7, 11) is 3.22. The Balaban J connectivity index is 2.51. The fraction of sp³-hybridized carbons (Fsp3) is 0.417. The Morgan fingerprint density at radius 3 is 2.62 bits per heavy atom. The minimum absolute atomic E-state index is 0.247. The van der Waals surface area contributed by atoms with Crippen LogP contribution in [0.25, 0.3) is 0 Å². The molecule has 4 heteroatoms. The van der Waals surface area contributed by atoms with E-state index in [1.807, 2.05) is 12.1 Å². The Bertz CT molecular complexity index is 437. The van der Waals surface area contributed by atoms with Gasteiger partial charge in [-0.3, -0.25) is 5.32 Å². The van der Waals surface area contributed by atoms with Gasteiger partial charge < -0.3 is 9.47 Å². The predicted molar refractivity (Wildman–Crippen MR) is 59.6 cm³/mol. The van der Waals surface area contributed by atoms with Crippen LogP contribution < -0.4 is 14.8 Å². The first-order chi connectivity index (χ1) is 7.80. The molecule has 0 saturated carbocycles. The van der Waals surface area contributed by atoms with E-state index in [0.29, 0.717) is 5.75 Å². The lowest BCUT2D eigenvalue weighted by atomic mass is 9.94. The lowest BCUT2D eigenvalue weighted by Gasteiger charge is -2.23. The van der Waals surface area contributed by atoms with E-state index >= 15 is 0 Å². The quantitative estimate of drug-likeness (QED) is 0.815. The molecular weight excluding hydrogens is 204 g/mol. The second kappa shape index (κ2) is 4.42. The van der Waals surface area contributed by atoms with E-state index < -0.39 is 0 Å². The first-order valence-electron chi connectivity index (χ1n) is 5.18. The molecule has 1 heterocycles. The normalized spacial score (nSPS) is 18.4. The summed E-state index contributed by atoms with van der Waals surface area (Å²) in [5, 5.41) is 12.2. The first kappa shape index (κ1) is 10.8. The summed E-state index contributed by atoms with van der Waals surface area (Å²) in [6.45, 7) is 0.820. The molecule has 0 radical (unpaired) electrons. The van der Waals surface area contributed by atoms with Gasteiger partial charge in [-0.05, 0) is 29.7 Å². The number of hydrogen-bond acceptors (Lipinski definition) is 4. The van der Waals surface area contributed by atoms with E-state index in [2.05, 4.69) is 11.4 Å². The summed E-state index contributed by atoms with van der Waals surface area (Å²) in [6.07, 6.45) is 0.911. The summed E-state index contributed by atoms with van der Waals surface area (Å²) in [6, 6.07) is 5.84. The maximum Gasteiger partial charge on any atom is 0.161 e. The summed E-state index contributed by atoms with van der Waals surface area (Å²) in [4.78, 5) is 0. The van der Waals surface area contributed by atoms with Crippen LogP contribution in [0.4, 0.5) is 0 Å². The molecule has 0 unspecified atom stereocenters. The lowest BCUT2D eigenvalue weighted by molar-refractivity contribution is 0.353. The fourth-order valence-corrected chi connectivity index (χ4v) is 2.00. The van der Waals surface area contributed by atoms with E-state index in [-0.39, 0.29) is 6.04 Å². The number of fused-ring (bicyclic) bond motifs is 1. The third-order valence-electron chi connectivity index (χ3n) is 2.83. The van der Waals surface area contributed by atoms with Crippen molar-refractivity contribution in [3.8, 4) is 17.6 Å². The Morgan fingerprint density at radius 2 is 2.00 bits per heavy atom. The van der Waals surface area contributed by atoms with Gasteiger partial charge in [-0.2, -0.15) is 5.26 Å². The topological polar surface area (TPSA) is 54.3 Å². The number of nitriles is 1. The van der Waals surface area contributed by atoms with Gasteiger partial charge in [-0.1, -0.05) is 0 Å². The zero-order valence-electron chi connectivity index (χ0n) is 9.41. The van der Waals surface area contributed by atoms with Gasteiger partial charge in [0.15, 0.2) is 11.5 Å². The highest BCUT2D eigenvalue weighted by Crippen LogP contribution is 2.34. The van der Waals surface area contributed by atoms with Crippen LogP contribution >= 0.6 is 0 Å². The third kappa shape index (κ3) is 1.70. The van der Waals surface area contributed by atoms with Crippen molar-refractivity contribution < 1.29 is 9.47 Å². The maximum atomic E-state index is 9.04. The molecule has 84 valence electrons. The number of hydrogen-bond donors (Lipinski definition) is 1. The number of nitrogens with one attached hydrogen (secondary N) is 1. The van der Waals surface area contributed by atoms with Crippen LogP contribution in [0.15, 0.2) is 12.1 Å². The zero-order chi connectivity index (χ0) is 11.5. The van der Waals surface area contributed by atoms with Crippen LogP contribution in [0.5, 0.6) is 11.5 Å². The highest BCUT2D eigenvalue weighted by Gasteiger charge is 2.21. The number of nitrogens with zero attached hydrogens (tertiary/aromatic N) is 1. The Hall–Kier alpha value is -1.73. The molecule has 1 aromatic carbocycles. The van der Waals surface area contributed by atoms with E-state index in [4.69, 9.17) is 14.7 Å². The van der Waals surface area contributed by atoms with Crippen molar-refractivity contribution in [3.63, 3.8) is 0 Å². The predicted octanol–water partition coefficient (Wildman–Crippen LogP) is 1.41. The van der Waals surface area contributed by atoms with Crippen LogP contribution in [-0.2, 0) is 6.42 Å². The SMILES string of the molecule is COc1cc2c(cc1OC)[C@@H](C#N)NCC2. The van der Waals surface area contributed by atoms with Gasteiger partial charge in [0, 0.05) is 6.54 Å². The van der Waals surface area contributed by atoms with E-state index in [1.165, 1.54) is 0 Å². The number of benzene rings is 1. The van der Waals surface area contributed by atoms with Crippen molar-refractivity contribution in [1.29, 1.82) is 5.26 Å². The molecule has 0 saturated heterocycles. The van der Waals surface area contributed by atoms with E-state index in [0.717, 1.165) is 29.8 Å². The first-order valence-corrected chi connectivity index (χ1v) is 5.18. The van der Waals surface area contributed by atoms with Crippen LogP contribution in [0.1, 0.15) is 17.2 Å². The average molecular weight is 218 g/mol. The summed E-state index contributed by atoms with van der Waals surface area (Å²) in [5.41, 5.74) is 2.15. The minimum atomic E-state index is -0.247. The number of ether oxygens (including phenoxy) is 2. The summed E-state index contributed by atoms with van der Waals surface area (Å²) in [5.74, 6) is 1.39. The lowest BCUT2D eigenvalue weighted by Crippen LogP contribution is -2.28. The largest absolute Gasteiger partial charge is 0.493 e. The molecule has 0 aliphatic carbocycles. The number of methoxy groups -OCH3 is 2. The highest BCUT2D eigenvalue weighted by atomic mass is 16.5. The van der Waals surface area contributed by atoms with Gasteiger partial charge in [-0.25, -0.2) is 0 Å². The standard InChI is InChI=1S/C12H14N2O2/c1-15-11-5-8-3-4-14-10(7-13)9(8)6-12(11)16-2/h5-6,10,14H,3-4H2,1-2H3/t10-/m1/s1. The Morgan fingerprint density at radius 1 is 1.31 bits per heavy atom. The zero-order valence-corrected chi connectivity index (χ0v) is 9.41. The highest BCUT2D eigenvalue weighted by molar-refractivity contribution is 5.50. The molecule has 0 aromatic heterocycles. The van der Waals surface area contributed by atoms with Gasteiger partial charge in [0.05, 0.1) is 20.3 Å². The van der Waals surface area contributed by atoms with Crippen LogP contribution in [0, 0.1) is 11.3 Å². The molecular formula is C12H14N2O2. The fourth-order valence-electron chi connectivity index (χ4n) is 2.00. The van der Waals surface area contributed by atoms with Crippen molar-refractivity contribution in [2.45, 2.75) is 12.5 Å². The molecule has 0 bridgehead atoms. The van der Waals surface area contributed by atoms with Gasteiger partial charge in [0.1, 0.15) is 6.04 Å². The van der Waals surface area contributed by atoms with Crippen LogP contribution in [-0.4, -0.2) is 20.8 Å². The van der Waals surface area contributed by atoms with Crippen molar-refractivity contribution in [3.05, 3.63) is 23.3 Å². The van der Waals surface area contributed by atoms with Crippen molar-refractivity contribution >= 4 is 0 Å². The van der Waals surface area contributed by atoms with Gasteiger partial charge >= 0.3 is 0 Å². The van der Waals surface area contributed by atoms with Crippen molar-refractivity contribution in [2.24, 2.45) is 0 Å². The van der Waals surface area contributed by atoms with Gasteiger partial charge in [0.2, 0.25) is 0 Å². The maximum absolute atomic E-state index is 9.04. The summed E-state index contributed by atoms with van der Waals surface area (Å²) >= 11 is 0. The molecule has 1 N–H and O–H groups in total. The van der Waals surface area contributed by atoms with Gasteiger partial charge in [0.25, 0.3) is 0 Å². The molecule has 0 fully saturated rings. The Kier molecular flexibility index (Phi) is 2.97. The molecule has 1 atom stereocenters. The summed E-state index contributed by atoms with van der Waals surface area (Å²) < 4.78 is 10.5. The molecule has 1 aliphatic rings. The van der Waals surface area contributed by atoms with Crippen molar-refractivity contribution in [2.75, 3.05) is 20.8 Å². The monoisotopic (exact) mass is 218 g/mol. The molecule has 2 rings (SSSR count). The molecule has 16 heavy (non-hydrogen) atoms. The van der Waals surface area contributed by atoms with Gasteiger partial charge in [-0.15, -0.1) is 0 Å².